The summed E-state index contributed by atoms with van der Waals surface area (Å²) in [6.07, 6.45) is -0.558. The Hall–Kier alpha value is -3.92. The second kappa shape index (κ2) is 9.92. The largest absolute Gasteiger partial charge is 0.480 e. The van der Waals surface area contributed by atoms with Gasteiger partial charge in [-0.05, 0) is 22.3 Å². The molecule has 1 aliphatic carbocycles. The molecule has 2 aromatic carbocycles. The highest BCUT2D eigenvalue weighted by Crippen LogP contribution is 2.44. The molecular formula is C24H25N3O7. The van der Waals surface area contributed by atoms with Gasteiger partial charge in [0.05, 0.1) is 13.2 Å². The maximum absolute atomic E-state index is 12.8. The van der Waals surface area contributed by atoms with Crippen molar-refractivity contribution < 1.29 is 33.8 Å². The van der Waals surface area contributed by atoms with Gasteiger partial charge in [0.2, 0.25) is 11.8 Å². The van der Waals surface area contributed by atoms with Crippen LogP contribution in [0.15, 0.2) is 48.5 Å². The molecule has 10 nitrogen and oxygen atoms in total. The molecule has 0 aromatic heterocycles. The Labute approximate surface area is 195 Å². The molecule has 34 heavy (non-hydrogen) atoms. The minimum atomic E-state index is -1.38. The molecule has 0 radical (unpaired) electrons. The van der Waals surface area contributed by atoms with Gasteiger partial charge in [-0.15, -0.1) is 0 Å². The van der Waals surface area contributed by atoms with Gasteiger partial charge < -0.3 is 30.5 Å². The molecule has 0 spiro atoms. The fourth-order valence-electron chi connectivity index (χ4n) is 4.30. The first kappa shape index (κ1) is 23.2. The molecular weight excluding hydrogens is 442 g/mol. The number of nitrogens with one attached hydrogen (secondary N) is 3. The van der Waals surface area contributed by atoms with Gasteiger partial charge in [0.15, 0.2) is 0 Å². The Bertz CT molecular complexity index is 1070. The monoisotopic (exact) mass is 467 g/mol. The van der Waals surface area contributed by atoms with E-state index in [1.54, 1.807) is 0 Å². The standard InChI is InChI=1S/C24H25N3O7/c28-20(25-12-21(29)30)11-26-22(31)24(9-10-33-14-24)27-23(32)34-13-19-17-7-3-1-5-15(17)16-6-2-4-8-18(16)19/h1-8,19H,9-14H2,(H,25,28)(H,26,31)(H,27,32)(H,29,30). The van der Waals surface area contributed by atoms with Gasteiger partial charge >= 0.3 is 12.1 Å². The number of hydrogen-bond acceptors (Lipinski definition) is 6. The Morgan fingerprint density at radius 1 is 0.971 bits per heavy atom. The molecule has 1 aliphatic heterocycles. The van der Waals surface area contributed by atoms with E-state index in [2.05, 4.69) is 16.0 Å². The van der Waals surface area contributed by atoms with Crippen molar-refractivity contribution in [3.05, 3.63) is 59.7 Å². The lowest BCUT2D eigenvalue weighted by atomic mass is 9.97. The van der Waals surface area contributed by atoms with Crippen molar-refractivity contribution in [3.63, 3.8) is 0 Å². The van der Waals surface area contributed by atoms with Gasteiger partial charge in [0.25, 0.3) is 0 Å². The van der Waals surface area contributed by atoms with Crippen LogP contribution in [-0.2, 0) is 23.9 Å². The lowest BCUT2D eigenvalue weighted by molar-refractivity contribution is -0.137. The average molecular weight is 467 g/mol. The van der Waals surface area contributed by atoms with Crippen molar-refractivity contribution in [2.45, 2.75) is 17.9 Å². The average Bonchev–Trinajstić information content (AvgIpc) is 3.43. The van der Waals surface area contributed by atoms with Crippen molar-refractivity contribution >= 4 is 23.9 Å². The summed E-state index contributed by atoms with van der Waals surface area (Å²) < 4.78 is 10.9. The second-order valence-electron chi connectivity index (χ2n) is 8.19. The number of carboxylic acid groups (broad SMARTS) is 1. The molecule has 3 amide bonds. The third kappa shape index (κ3) is 4.86. The summed E-state index contributed by atoms with van der Waals surface area (Å²) in [5.41, 5.74) is 2.97. The van der Waals surface area contributed by atoms with Crippen LogP contribution in [0.5, 0.6) is 0 Å². The van der Waals surface area contributed by atoms with Crippen molar-refractivity contribution in [1.82, 2.24) is 16.0 Å². The molecule has 178 valence electrons. The first-order valence-corrected chi connectivity index (χ1v) is 10.9. The summed E-state index contributed by atoms with van der Waals surface area (Å²) in [5.74, 6) is -2.59. The number of amides is 3. The van der Waals surface area contributed by atoms with Crippen LogP contribution >= 0.6 is 0 Å². The first-order chi connectivity index (χ1) is 16.4. The number of benzene rings is 2. The molecule has 4 rings (SSSR count). The zero-order chi connectivity index (χ0) is 24.1. The van der Waals surface area contributed by atoms with Gasteiger partial charge in [0.1, 0.15) is 18.7 Å². The second-order valence-corrected chi connectivity index (χ2v) is 8.19. The van der Waals surface area contributed by atoms with Crippen molar-refractivity contribution in [2.24, 2.45) is 0 Å². The molecule has 1 unspecified atom stereocenters. The number of carbonyl (C=O) groups is 4. The predicted molar refractivity (Wildman–Crippen MR) is 120 cm³/mol. The highest BCUT2D eigenvalue weighted by atomic mass is 16.6. The number of alkyl carbamates (subject to hydrolysis) is 1. The van der Waals surface area contributed by atoms with E-state index in [4.69, 9.17) is 14.6 Å². The number of ether oxygens (including phenoxy) is 2. The van der Waals surface area contributed by atoms with Gasteiger partial charge in [-0.25, -0.2) is 4.79 Å². The van der Waals surface area contributed by atoms with E-state index in [0.29, 0.717) is 0 Å². The van der Waals surface area contributed by atoms with Crippen molar-refractivity contribution in [2.75, 3.05) is 32.9 Å². The summed E-state index contributed by atoms with van der Waals surface area (Å²) in [7, 11) is 0. The van der Waals surface area contributed by atoms with E-state index in [1.807, 2.05) is 48.5 Å². The van der Waals surface area contributed by atoms with Crippen LogP contribution in [-0.4, -0.2) is 67.4 Å². The fraction of sp³-hybridized carbons (Fsp3) is 0.333. The van der Waals surface area contributed by atoms with Gasteiger partial charge in [-0.3, -0.25) is 14.4 Å². The minimum absolute atomic E-state index is 0.0697. The summed E-state index contributed by atoms with van der Waals surface area (Å²) >= 11 is 0. The Morgan fingerprint density at radius 3 is 2.21 bits per heavy atom. The SMILES string of the molecule is O=C(O)CNC(=O)CNC(=O)C1(NC(=O)OCC2c3ccccc3-c3ccccc32)CCOC1. The molecule has 0 bridgehead atoms. The molecule has 1 saturated heterocycles. The number of carboxylic acids is 1. The Balaban J connectivity index is 1.37. The van der Waals surface area contributed by atoms with Gasteiger partial charge in [0, 0.05) is 18.9 Å². The van der Waals surface area contributed by atoms with Crippen molar-refractivity contribution in [1.29, 1.82) is 0 Å². The maximum Gasteiger partial charge on any atom is 0.408 e. The van der Waals surface area contributed by atoms with Crippen molar-refractivity contribution in [3.8, 4) is 11.1 Å². The van der Waals surface area contributed by atoms with E-state index in [9.17, 15) is 19.2 Å². The van der Waals surface area contributed by atoms with E-state index in [0.717, 1.165) is 22.3 Å². The lowest BCUT2D eigenvalue weighted by Crippen LogP contribution is -2.60. The van der Waals surface area contributed by atoms with Crippen LogP contribution in [0, 0.1) is 0 Å². The zero-order valence-corrected chi connectivity index (χ0v) is 18.3. The highest BCUT2D eigenvalue weighted by molar-refractivity contribution is 5.93. The van der Waals surface area contributed by atoms with E-state index in [-0.39, 0.29) is 32.2 Å². The molecule has 2 aromatic rings. The van der Waals surface area contributed by atoms with Crippen LogP contribution in [0.25, 0.3) is 11.1 Å². The smallest absolute Gasteiger partial charge is 0.408 e. The van der Waals surface area contributed by atoms with E-state index >= 15 is 0 Å². The van der Waals surface area contributed by atoms with Crippen LogP contribution in [0.2, 0.25) is 0 Å². The molecule has 1 atom stereocenters. The van der Waals surface area contributed by atoms with Crippen LogP contribution in [0.4, 0.5) is 4.79 Å². The van der Waals surface area contributed by atoms with Gasteiger partial charge in [-0.1, -0.05) is 48.5 Å². The Kier molecular flexibility index (Phi) is 6.78. The zero-order valence-electron chi connectivity index (χ0n) is 18.3. The number of fused-ring (bicyclic) bond motifs is 3. The molecule has 2 aliphatic rings. The number of hydrogen-bond donors (Lipinski definition) is 4. The summed E-state index contributed by atoms with van der Waals surface area (Å²) in [6.45, 7) is -0.709. The number of aliphatic carboxylic acids is 1. The summed E-state index contributed by atoms with van der Waals surface area (Å²) in [6, 6.07) is 15.9. The predicted octanol–water partition coefficient (Wildman–Crippen LogP) is 1.00. The first-order valence-electron chi connectivity index (χ1n) is 10.9. The molecule has 0 saturated carbocycles. The van der Waals surface area contributed by atoms with Gasteiger partial charge in [-0.2, -0.15) is 0 Å². The molecule has 1 fully saturated rings. The fourth-order valence-corrected chi connectivity index (χ4v) is 4.30. The normalized spacial score (nSPS) is 18.5. The van der Waals surface area contributed by atoms with Crippen LogP contribution in [0.1, 0.15) is 23.5 Å². The third-order valence-corrected chi connectivity index (χ3v) is 5.99. The van der Waals surface area contributed by atoms with E-state index < -0.39 is 42.5 Å². The third-order valence-electron chi connectivity index (χ3n) is 5.99. The minimum Gasteiger partial charge on any atom is -0.480 e. The molecule has 1 heterocycles. The van der Waals surface area contributed by atoms with Crippen LogP contribution < -0.4 is 16.0 Å². The summed E-state index contributed by atoms with van der Waals surface area (Å²) in [5, 5.41) is 15.8. The van der Waals surface area contributed by atoms with Crippen LogP contribution in [0.3, 0.4) is 0 Å². The Morgan fingerprint density at radius 2 is 1.62 bits per heavy atom. The number of rotatable bonds is 8. The summed E-state index contributed by atoms with van der Waals surface area (Å²) in [4.78, 5) is 47.7. The molecule has 10 heteroatoms. The number of carbonyl (C=O) groups excluding carboxylic acids is 3. The maximum atomic E-state index is 12.8. The molecule has 4 N–H and O–H groups in total. The van der Waals surface area contributed by atoms with E-state index in [1.165, 1.54) is 0 Å². The quantitative estimate of drug-likeness (QED) is 0.454. The topological polar surface area (TPSA) is 143 Å². The highest BCUT2D eigenvalue weighted by Gasteiger charge is 2.44. The lowest BCUT2D eigenvalue weighted by Gasteiger charge is -2.27.